The van der Waals surface area contributed by atoms with Gasteiger partial charge in [0.05, 0.1) is 24.9 Å². The van der Waals surface area contributed by atoms with Gasteiger partial charge in [-0.05, 0) is 70.6 Å². The summed E-state index contributed by atoms with van der Waals surface area (Å²) in [6, 6.07) is 5.11. The van der Waals surface area contributed by atoms with Crippen molar-refractivity contribution >= 4 is 38.9 Å². The number of aromatic nitrogens is 3. The molecule has 1 aliphatic heterocycles. The van der Waals surface area contributed by atoms with Crippen LogP contribution in [0.5, 0.6) is 11.5 Å². The van der Waals surface area contributed by atoms with Crippen LogP contribution < -0.4 is 20.1 Å². The Hall–Kier alpha value is -4.73. The molecular formula is C35H43FN6O8S. The minimum absolute atomic E-state index is 0.0184. The van der Waals surface area contributed by atoms with Crippen molar-refractivity contribution in [3.63, 3.8) is 0 Å². The number of methoxy groups -OCH3 is 1. The molecule has 2 fully saturated rings. The van der Waals surface area contributed by atoms with Crippen LogP contribution in [0, 0.1) is 12.8 Å². The Morgan fingerprint density at radius 2 is 1.94 bits per heavy atom. The van der Waals surface area contributed by atoms with E-state index in [1.54, 1.807) is 44.6 Å². The summed E-state index contributed by atoms with van der Waals surface area (Å²) >= 11 is 0. The topological polar surface area (TPSA) is 171 Å². The predicted molar refractivity (Wildman–Crippen MR) is 185 cm³/mol. The maximum atomic E-state index is 14.0. The predicted octanol–water partition coefficient (Wildman–Crippen LogP) is 4.03. The largest absolute Gasteiger partial charge is 0.496 e. The van der Waals surface area contributed by atoms with Gasteiger partial charge in [0.15, 0.2) is 5.82 Å². The molecule has 0 saturated heterocycles. The third kappa shape index (κ3) is 7.37. The summed E-state index contributed by atoms with van der Waals surface area (Å²) in [5.74, 6) is -0.837. The summed E-state index contributed by atoms with van der Waals surface area (Å²) in [5, 5.41) is 10.4. The molecule has 16 heteroatoms. The number of carbonyl (C=O) groups is 3. The SMILES string of the molecule is COc1ccc2c(OCC[C@@H]3NC(=O)N(C)CCCC/C=C\[C@@H]4C[C@@]4(C(=O)OS(=O)(=O)C4(C)CC4)NC3=O)cc(-n3ccc(CF)n3)nc2c1C. The Kier molecular flexibility index (Phi) is 9.99. The lowest BCUT2D eigenvalue weighted by atomic mass is 10.1. The molecule has 274 valence electrons. The lowest BCUT2D eigenvalue weighted by Gasteiger charge is -2.26. The van der Waals surface area contributed by atoms with E-state index in [0.717, 1.165) is 12.0 Å². The summed E-state index contributed by atoms with van der Waals surface area (Å²) in [6.07, 6.45) is 8.41. The molecule has 2 aliphatic carbocycles. The van der Waals surface area contributed by atoms with Gasteiger partial charge in [0.2, 0.25) is 5.91 Å². The molecule has 0 spiro atoms. The number of aryl methyl sites for hydroxylation is 1. The molecule has 1 aromatic carbocycles. The average molecular weight is 727 g/mol. The number of fused-ring (bicyclic) bond motifs is 2. The molecule has 3 amide bonds. The van der Waals surface area contributed by atoms with Crippen LogP contribution in [0.2, 0.25) is 0 Å². The van der Waals surface area contributed by atoms with Crippen molar-refractivity contribution in [2.45, 2.75) is 81.8 Å². The average Bonchev–Trinajstić information content (AvgIpc) is 3.97. The second kappa shape index (κ2) is 14.1. The highest BCUT2D eigenvalue weighted by Crippen LogP contribution is 2.49. The number of hydrogen-bond acceptors (Lipinski definition) is 10. The number of ether oxygens (including phenoxy) is 2. The van der Waals surface area contributed by atoms with Crippen molar-refractivity contribution in [1.29, 1.82) is 0 Å². The molecule has 3 atom stereocenters. The van der Waals surface area contributed by atoms with Gasteiger partial charge in [-0.1, -0.05) is 12.2 Å². The van der Waals surface area contributed by atoms with Gasteiger partial charge in [0, 0.05) is 49.1 Å². The van der Waals surface area contributed by atoms with Crippen LogP contribution >= 0.6 is 0 Å². The van der Waals surface area contributed by atoms with Crippen LogP contribution in [0.4, 0.5) is 9.18 Å². The molecular weight excluding hydrogens is 683 g/mol. The first-order valence-electron chi connectivity index (χ1n) is 17.0. The second-order valence-corrected chi connectivity index (χ2v) is 15.7. The summed E-state index contributed by atoms with van der Waals surface area (Å²) in [6.45, 7) is 3.03. The van der Waals surface area contributed by atoms with E-state index in [1.165, 1.54) is 16.5 Å². The number of urea groups is 1. The van der Waals surface area contributed by atoms with E-state index in [4.69, 9.17) is 18.6 Å². The Balaban J connectivity index is 1.27. The van der Waals surface area contributed by atoms with Crippen molar-refractivity contribution in [2.75, 3.05) is 27.3 Å². The zero-order valence-corrected chi connectivity index (χ0v) is 29.9. The highest BCUT2D eigenvalue weighted by molar-refractivity contribution is 7.88. The van der Waals surface area contributed by atoms with Crippen molar-refractivity contribution in [3.8, 4) is 17.3 Å². The lowest BCUT2D eigenvalue weighted by Crippen LogP contribution is -2.56. The smallest absolute Gasteiger partial charge is 0.348 e. The van der Waals surface area contributed by atoms with Gasteiger partial charge in [-0.15, -0.1) is 0 Å². The highest BCUT2D eigenvalue weighted by atomic mass is 32.2. The fourth-order valence-electron chi connectivity index (χ4n) is 6.13. The Bertz CT molecular complexity index is 1980. The molecule has 3 aromatic rings. The van der Waals surface area contributed by atoms with E-state index in [2.05, 4.69) is 15.7 Å². The van der Waals surface area contributed by atoms with Crippen LogP contribution in [0.15, 0.2) is 42.6 Å². The van der Waals surface area contributed by atoms with Gasteiger partial charge in [0.1, 0.15) is 34.5 Å². The van der Waals surface area contributed by atoms with Crippen LogP contribution in [-0.2, 0) is 30.6 Å². The molecule has 0 radical (unpaired) electrons. The normalized spacial score (nSPS) is 24.1. The van der Waals surface area contributed by atoms with E-state index in [0.29, 0.717) is 60.4 Å². The molecule has 3 heterocycles. The molecule has 2 N–H and O–H groups in total. The maximum absolute atomic E-state index is 14.0. The minimum atomic E-state index is -4.21. The molecule has 3 aliphatic rings. The molecule has 0 bridgehead atoms. The lowest BCUT2D eigenvalue weighted by molar-refractivity contribution is -0.141. The summed E-state index contributed by atoms with van der Waals surface area (Å²) in [7, 11) is -1.03. The number of benzene rings is 1. The van der Waals surface area contributed by atoms with Crippen molar-refractivity contribution < 1.29 is 40.8 Å². The first-order chi connectivity index (χ1) is 24.3. The number of carbonyl (C=O) groups excluding carboxylic acids is 3. The number of allylic oxidation sites excluding steroid dienone is 1. The van der Waals surface area contributed by atoms with Crippen molar-refractivity contribution in [1.82, 2.24) is 30.3 Å². The van der Waals surface area contributed by atoms with Gasteiger partial charge in [-0.2, -0.15) is 13.5 Å². The molecule has 14 nitrogen and oxygen atoms in total. The summed E-state index contributed by atoms with van der Waals surface area (Å²) in [4.78, 5) is 46.9. The fraction of sp³-hybridized carbons (Fsp3) is 0.514. The Morgan fingerprint density at radius 3 is 2.65 bits per heavy atom. The van der Waals surface area contributed by atoms with E-state index in [1.807, 2.05) is 19.1 Å². The molecule has 0 unspecified atom stereocenters. The number of nitrogens with one attached hydrogen (secondary N) is 2. The van der Waals surface area contributed by atoms with E-state index < -0.39 is 56.9 Å². The van der Waals surface area contributed by atoms with Crippen LogP contribution in [-0.4, -0.2) is 89.6 Å². The zero-order valence-electron chi connectivity index (χ0n) is 29.1. The molecule has 2 saturated carbocycles. The number of pyridine rings is 1. The van der Waals surface area contributed by atoms with Crippen LogP contribution in [0.25, 0.3) is 16.7 Å². The maximum Gasteiger partial charge on any atom is 0.348 e. The molecule has 51 heavy (non-hydrogen) atoms. The van der Waals surface area contributed by atoms with E-state index >= 15 is 0 Å². The Morgan fingerprint density at radius 1 is 1.16 bits per heavy atom. The van der Waals surface area contributed by atoms with Gasteiger partial charge in [-0.25, -0.2) is 23.6 Å². The number of hydrogen-bond donors (Lipinski definition) is 2. The van der Waals surface area contributed by atoms with Gasteiger partial charge >= 0.3 is 22.1 Å². The highest BCUT2D eigenvalue weighted by Gasteiger charge is 2.64. The number of rotatable bonds is 10. The third-order valence-corrected chi connectivity index (χ3v) is 11.9. The van der Waals surface area contributed by atoms with E-state index in [-0.39, 0.29) is 25.1 Å². The second-order valence-electron chi connectivity index (χ2n) is 13.7. The molecule has 6 rings (SSSR count). The minimum Gasteiger partial charge on any atom is -0.496 e. The van der Waals surface area contributed by atoms with Gasteiger partial charge in [0.25, 0.3) is 0 Å². The standard InChI is InChI=1S/C35H43FN6O8S/c1-22-27(48-4)11-10-25-28(19-29(38-30(22)25)42-17-12-24(21-36)40-42)49-18-13-26-31(43)39-35(32(44)50-51(46,47)34(2)14-15-34)20-23(35)9-7-5-6-8-16-41(3)33(45)37-26/h7,9-12,17,19,23,26H,5-6,8,13-16,18,20-21H2,1-4H3,(H,37,45)(H,39,43)/b9-7-/t23-,26+,35-/m1/s1. The number of halogens is 1. The van der Waals surface area contributed by atoms with Gasteiger partial charge in [-0.3, -0.25) is 4.79 Å². The van der Waals surface area contributed by atoms with E-state index in [9.17, 15) is 27.2 Å². The van der Waals surface area contributed by atoms with Crippen LogP contribution in [0.3, 0.4) is 0 Å². The fourth-order valence-corrected chi connectivity index (χ4v) is 7.28. The summed E-state index contributed by atoms with van der Waals surface area (Å²) in [5.41, 5.74) is -0.0613. The monoisotopic (exact) mass is 726 g/mol. The van der Waals surface area contributed by atoms with Crippen LogP contribution in [0.1, 0.15) is 63.1 Å². The quantitative estimate of drug-likeness (QED) is 0.230. The number of nitrogens with zero attached hydrogens (tertiary/aromatic N) is 4. The Labute approximate surface area is 295 Å². The third-order valence-electron chi connectivity index (χ3n) is 9.95. The van der Waals surface area contributed by atoms with Gasteiger partial charge < -0.3 is 29.2 Å². The van der Waals surface area contributed by atoms with Crippen molar-refractivity contribution in [3.05, 3.63) is 53.9 Å². The first-order valence-corrected chi connectivity index (χ1v) is 18.4. The number of amides is 3. The number of alkyl halides is 1. The first kappa shape index (κ1) is 36.1. The summed E-state index contributed by atoms with van der Waals surface area (Å²) < 4.78 is 56.3. The molecule has 2 aromatic heterocycles. The zero-order chi connectivity index (χ0) is 36.6. The van der Waals surface area contributed by atoms with Crippen molar-refractivity contribution in [2.24, 2.45) is 5.92 Å².